The summed E-state index contributed by atoms with van der Waals surface area (Å²) in [5.41, 5.74) is 14.1. The van der Waals surface area contributed by atoms with Crippen molar-refractivity contribution in [1.82, 2.24) is 4.57 Å². The number of hydrogen-bond acceptors (Lipinski definition) is 0. The highest BCUT2D eigenvalue weighted by Gasteiger charge is 2.26. The molecule has 1 heterocycles. The molecule has 11 aromatic carbocycles. The van der Waals surface area contributed by atoms with Crippen molar-refractivity contribution in [1.29, 1.82) is 0 Å². The largest absolute Gasteiger partial charge is 0.309 e. The smallest absolute Gasteiger partial charge is 0.0541 e. The summed E-state index contributed by atoms with van der Waals surface area (Å²) in [7, 11) is 0. The number of para-hydroxylation sites is 2. The number of fused-ring (bicyclic) bond motifs is 8. The van der Waals surface area contributed by atoms with Gasteiger partial charge in [0.2, 0.25) is 0 Å². The Balaban J connectivity index is 0.937. The molecule has 63 heavy (non-hydrogen) atoms. The summed E-state index contributed by atoms with van der Waals surface area (Å²) < 4.78 is 2.39. The predicted molar refractivity (Wildman–Crippen MR) is 269 cm³/mol. The van der Waals surface area contributed by atoms with Crippen LogP contribution in [0.25, 0.3) is 110 Å². The van der Waals surface area contributed by atoms with Gasteiger partial charge in [0.05, 0.1) is 11.2 Å². The highest BCUT2D eigenvalue weighted by Crippen LogP contribution is 2.48. The molecule has 1 unspecified atom stereocenters. The van der Waals surface area contributed by atoms with Crippen LogP contribution in [0.5, 0.6) is 0 Å². The van der Waals surface area contributed by atoms with E-state index in [0.29, 0.717) is 0 Å². The van der Waals surface area contributed by atoms with Crippen molar-refractivity contribution in [3.8, 4) is 39.2 Å². The number of nitrogens with zero attached hydrogens (tertiary/aromatic N) is 1. The molecule has 1 heteroatoms. The Morgan fingerprint density at radius 1 is 0.365 bits per heavy atom. The van der Waals surface area contributed by atoms with E-state index in [0.717, 1.165) is 6.42 Å². The Labute approximate surface area is 366 Å². The fourth-order valence-electron chi connectivity index (χ4n) is 10.7. The first-order valence-corrected chi connectivity index (χ1v) is 22.1. The van der Waals surface area contributed by atoms with Crippen LogP contribution >= 0.6 is 0 Å². The van der Waals surface area contributed by atoms with Crippen LogP contribution < -0.4 is 0 Å². The number of allylic oxidation sites excluding steroid dienone is 1. The summed E-state index contributed by atoms with van der Waals surface area (Å²) in [5, 5.41) is 14.0. The Morgan fingerprint density at radius 2 is 0.905 bits per heavy atom. The zero-order valence-corrected chi connectivity index (χ0v) is 34.7. The first kappa shape index (κ1) is 35.7. The standard InChI is InChI=1S/C62H41N/c1-2-17-52(18-3-1)63-59-21-11-8-16-48(59)39-60(63)49-30-32-54-47(37-49)25-24-46-34-44(28-31-53(46)54)45-29-33-57-58(38-45)62(51-27-23-41-13-5-7-15-43(41)36-51)56-20-10-9-19-55(56)61(57)50-26-22-40-12-4-6-14-42(40)35-50/h1-37,39,45H,38H2. The van der Waals surface area contributed by atoms with Crippen LogP contribution in [0.15, 0.2) is 224 Å². The van der Waals surface area contributed by atoms with Gasteiger partial charge in [0, 0.05) is 17.0 Å². The van der Waals surface area contributed by atoms with Crippen LogP contribution in [-0.4, -0.2) is 4.57 Å². The highest BCUT2D eigenvalue weighted by molar-refractivity contribution is 6.12. The molecule has 1 aliphatic rings. The molecule has 13 rings (SSSR count). The molecule has 0 aliphatic heterocycles. The summed E-state index contributed by atoms with van der Waals surface area (Å²) >= 11 is 0. The normalized spacial score (nSPS) is 13.7. The number of hydrogen-bond donors (Lipinski definition) is 0. The number of benzene rings is 11. The Hall–Kier alpha value is -8.00. The molecule has 12 aromatic rings. The molecule has 1 aromatic heterocycles. The van der Waals surface area contributed by atoms with E-state index in [1.54, 1.807) is 0 Å². The minimum atomic E-state index is 0.227. The second kappa shape index (κ2) is 14.3. The number of rotatable bonds is 5. The maximum atomic E-state index is 2.46. The average Bonchev–Trinajstić information content (AvgIpc) is 3.75. The zero-order chi connectivity index (χ0) is 41.4. The van der Waals surface area contributed by atoms with E-state index in [1.807, 2.05) is 0 Å². The lowest BCUT2D eigenvalue weighted by Gasteiger charge is -2.28. The monoisotopic (exact) mass is 799 g/mol. The van der Waals surface area contributed by atoms with Gasteiger partial charge in [0.15, 0.2) is 0 Å². The van der Waals surface area contributed by atoms with Crippen molar-refractivity contribution in [3.63, 3.8) is 0 Å². The predicted octanol–water partition coefficient (Wildman–Crippen LogP) is 16.8. The van der Waals surface area contributed by atoms with Gasteiger partial charge in [-0.3, -0.25) is 0 Å². The Morgan fingerprint density at radius 3 is 1.63 bits per heavy atom. The molecule has 0 fully saturated rings. The number of aromatic nitrogens is 1. The Kier molecular flexibility index (Phi) is 8.11. The van der Waals surface area contributed by atoms with E-state index in [2.05, 4.69) is 235 Å². The van der Waals surface area contributed by atoms with E-state index in [4.69, 9.17) is 0 Å². The van der Waals surface area contributed by atoms with Crippen molar-refractivity contribution in [2.24, 2.45) is 0 Å². The van der Waals surface area contributed by atoms with Gasteiger partial charge in [-0.1, -0.05) is 188 Å². The Bertz CT molecular complexity index is 3830. The maximum absolute atomic E-state index is 2.46. The summed E-state index contributed by atoms with van der Waals surface area (Å²) in [6.45, 7) is 0. The van der Waals surface area contributed by atoms with Gasteiger partial charge in [-0.2, -0.15) is 0 Å². The fraction of sp³-hybridized carbons (Fsp3) is 0.0323. The summed E-state index contributed by atoms with van der Waals surface area (Å²) in [5.74, 6) is 0.227. The molecule has 1 aliphatic carbocycles. The molecule has 0 N–H and O–H groups in total. The van der Waals surface area contributed by atoms with Crippen LogP contribution in [0, 0.1) is 0 Å². The second-order valence-corrected chi connectivity index (χ2v) is 17.2. The van der Waals surface area contributed by atoms with Crippen molar-refractivity contribution in [3.05, 3.63) is 241 Å². The molecule has 1 atom stereocenters. The van der Waals surface area contributed by atoms with Crippen LogP contribution in [0.2, 0.25) is 0 Å². The minimum absolute atomic E-state index is 0.227. The molecule has 1 nitrogen and oxygen atoms in total. The van der Waals surface area contributed by atoms with Gasteiger partial charge in [-0.25, -0.2) is 0 Å². The molecule has 0 saturated carbocycles. The fourth-order valence-corrected chi connectivity index (χ4v) is 10.7. The van der Waals surface area contributed by atoms with Crippen molar-refractivity contribution < 1.29 is 0 Å². The van der Waals surface area contributed by atoms with Crippen LogP contribution in [-0.2, 0) is 6.42 Å². The van der Waals surface area contributed by atoms with Gasteiger partial charge >= 0.3 is 0 Å². The summed E-state index contributed by atoms with van der Waals surface area (Å²) in [6.07, 6.45) is 5.81. The van der Waals surface area contributed by atoms with Crippen LogP contribution in [0.3, 0.4) is 0 Å². The van der Waals surface area contributed by atoms with Crippen LogP contribution in [0.1, 0.15) is 22.6 Å². The third-order valence-electron chi connectivity index (χ3n) is 13.7. The molecular formula is C62H41N. The minimum Gasteiger partial charge on any atom is -0.309 e. The lowest BCUT2D eigenvalue weighted by atomic mass is 9.76. The summed E-state index contributed by atoms with van der Waals surface area (Å²) in [4.78, 5) is 0. The topological polar surface area (TPSA) is 4.93 Å². The van der Waals surface area contributed by atoms with Crippen LogP contribution in [0.4, 0.5) is 0 Å². The van der Waals surface area contributed by atoms with Gasteiger partial charge in [-0.05, 0) is 147 Å². The molecule has 0 spiro atoms. The molecule has 0 amide bonds. The van der Waals surface area contributed by atoms with E-state index in [-0.39, 0.29) is 5.92 Å². The average molecular weight is 800 g/mol. The first-order valence-electron chi connectivity index (χ1n) is 22.1. The molecule has 0 bridgehead atoms. The van der Waals surface area contributed by atoms with Gasteiger partial charge in [0.1, 0.15) is 0 Å². The van der Waals surface area contributed by atoms with Gasteiger partial charge < -0.3 is 4.57 Å². The third kappa shape index (κ3) is 5.85. The van der Waals surface area contributed by atoms with Gasteiger partial charge in [-0.15, -0.1) is 0 Å². The van der Waals surface area contributed by atoms with Crippen molar-refractivity contribution >= 4 is 70.8 Å². The zero-order valence-electron chi connectivity index (χ0n) is 34.7. The third-order valence-corrected chi connectivity index (χ3v) is 13.7. The highest BCUT2D eigenvalue weighted by atomic mass is 15.0. The summed E-state index contributed by atoms with van der Waals surface area (Å²) in [6, 6.07) is 81.0. The second-order valence-electron chi connectivity index (χ2n) is 17.2. The lowest BCUT2D eigenvalue weighted by Crippen LogP contribution is -2.09. The maximum Gasteiger partial charge on any atom is 0.0541 e. The SMILES string of the molecule is C1=CC(c2ccc3c(ccc4cc(-c5cc6ccccc6n5-c5ccccc5)ccc43)c2)Cc2c1c(-c1ccc3ccccc3c1)c1ccccc1c2-c1ccc2ccccc2c1. The molecule has 0 saturated heterocycles. The van der Waals surface area contributed by atoms with Gasteiger partial charge in [0.25, 0.3) is 0 Å². The molecule has 294 valence electrons. The van der Waals surface area contributed by atoms with Crippen molar-refractivity contribution in [2.75, 3.05) is 0 Å². The molecule has 0 radical (unpaired) electrons. The lowest BCUT2D eigenvalue weighted by molar-refractivity contribution is 0.831. The van der Waals surface area contributed by atoms with E-state index in [9.17, 15) is 0 Å². The van der Waals surface area contributed by atoms with E-state index < -0.39 is 0 Å². The van der Waals surface area contributed by atoms with E-state index in [1.165, 1.54) is 121 Å². The van der Waals surface area contributed by atoms with E-state index >= 15 is 0 Å². The van der Waals surface area contributed by atoms with Crippen molar-refractivity contribution in [2.45, 2.75) is 12.3 Å². The molecular weight excluding hydrogens is 759 g/mol. The quantitative estimate of drug-likeness (QED) is 0.153. The first-order chi connectivity index (χ1) is 31.2.